The van der Waals surface area contributed by atoms with Crippen molar-refractivity contribution < 1.29 is 4.74 Å². The maximum atomic E-state index is 5.49. The SMILES string of the molecule is CC1(C2=CCCOCC2)CCNCC1. The van der Waals surface area contributed by atoms with Gasteiger partial charge in [0.15, 0.2) is 0 Å². The summed E-state index contributed by atoms with van der Waals surface area (Å²) in [5.41, 5.74) is 2.11. The van der Waals surface area contributed by atoms with Crippen molar-refractivity contribution in [2.24, 2.45) is 5.41 Å². The molecule has 2 rings (SSSR count). The molecular weight excluding hydrogens is 174 g/mol. The lowest BCUT2D eigenvalue weighted by Crippen LogP contribution is -2.36. The van der Waals surface area contributed by atoms with E-state index in [1.165, 1.54) is 25.9 Å². The van der Waals surface area contributed by atoms with Gasteiger partial charge in [0.1, 0.15) is 0 Å². The van der Waals surface area contributed by atoms with E-state index in [4.69, 9.17) is 4.74 Å². The summed E-state index contributed by atoms with van der Waals surface area (Å²) in [5, 5.41) is 3.44. The molecule has 0 aliphatic carbocycles. The van der Waals surface area contributed by atoms with Crippen molar-refractivity contribution in [1.82, 2.24) is 5.32 Å². The normalized spacial score (nSPS) is 27.9. The molecule has 0 saturated carbocycles. The van der Waals surface area contributed by atoms with Crippen molar-refractivity contribution >= 4 is 0 Å². The molecule has 2 aliphatic rings. The minimum atomic E-state index is 0.457. The molecule has 0 amide bonds. The average molecular weight is 195 g/mol. The zero-order valence-electron chi connectivity index (χ0n) is 9.14. The van der Waals surface area contributed by atoms with Gasteiger partial charge in [0.05, 0.1) is 13.2 Å². The third-order valence-electron chi connectivity index (χ3n) is 3.65. The summed E-state index contributed by atoms with van der Waals surface area (Å²) >= 11 is 0. The van der Waals surface area contributed by atoms with Crippen molar-refractivity contribution in [2.75, 3.05) is 26.3 Å². The van der Waals surface area contributed by atoms with E-state index in [-0.39, 0.29) is 0 Å². The molecule has 80 valence electrons. The number of hydrogen-bond acceptors (Lipinski definition) is 2. The Kier molecular flexibility index (Phi) is 3.24. The van der Waals surface area contributed by atoms with Crippen LogP contribution in [0.15, 0.2) is 11.6 Å². The zero-order chi connectivity index (χ0) is 9.86. The van der Waals surface area contributed by atoms with Crippen molar-refractivity contribution in [1.29, 1.82) is 0 Å². The van der Waals surface area contributed by atoms with Crippen molar-refractivity contribution in [2.45, 2.75) is 32.6 Å². The van der Waals surface area contributed by atoms with Gasteiger partial charge >= 0.3 is 0 Å². The largest absolute Gasteiger partial charge is 0.381 e. The first kappa shape index (κ1) is 10.2. The number of rotatable bonds is 1. The van der Waals surface area contributed by atoms with Gasteiger partial charge in [-0.3, -0.25) is 0 Å². The number of nitrogens with one attached hydrogen (secondary N) is 1. The van der Waals surface area contributed by atoms with Gasteiger partial charge in [-0.2, -0.15) is 0 Å². The lowest BCUT2D eigenvalue weighted by atomic mass is 9.73. The summed E-state index contributed by atoms with van der Waals surface area (Å²) in [6.45, 7) is 6.61. The van der Waals surface area contributed by atoms with E-state index >= 15 is 0 Å². The van der Waals surface area contributed by atoms with Crippen molar-refractivity contribution in [3.05, 3.63) is 11.6 Å². The summed E-state index contributed by atoms with van der Waals surface area (Å²) in [5.74, 6) is 0. The molecule has 0 spiro atoms. The summed E-state index contributed by atoms with van der Waals surface area (Å²) < 4.78 is 5.49. The Morgan fingerprint density at radius 2 is 2.07 bits per heavy atom. The molecular formula is C12H21NO. The van der Waals surface area contributed by atoms with Crippen LogP contribution in [0.5, 0.6) is 0 Å². The second-order valence-corrected chi connectivity index (χ2v) is 4.69. The predicted octanol–water partition coefficient (Wildman–Crippen LogP) is 2.11. The molecule has 2 nitrogen and oxygen atoms in total. The smallest absolute Gasteiger partial charge is 0.0503 e. The minimum Gasteiger partial charge on any atom is -0.381 e. The standard InChI is InChI=1S/C12H21NO/c1-12(5-7-13-8-6-12)11-3-2-9-14-10-4-11/h3,13H,2,4-10H2,1H3. The molecule has 2 heteroatoms. The van der Waals surface area contributed by atoms with Gasteiger partial charge in [-0.05, 0) is 44.2 Å². The highest BCUT2D eigenvalue weighted by Crippen LogP contribution is 2.38. The molecule has 14 heavy (non-hydrogen) atoms. The van der Waals surface area contributed by atoms with Gasteiger partial charge < -0.3 is 10.1 Å². The van der Waals surface area contributed by atoms with Crippen LogP contribution in [0.1, 0.15) is 32.6 Å². The Balaban J connectivity index is 2.06. The van der Waals surface area contributed by atoms with Crippen molar-refractivity contribution in [3.63, 3.8) is 0 Å². The second kappa shape index (κ2) is 4.45. The molecule has 2 heterocycles. The molecule has 0 aromatic carbocycles. The Bertz CT molecular complexity index is 216. The molecule has 1 fully saturated rings. The average Bonchev–Trinajstić information content (AvgIpc) is 2.47. The summed E-state index contributed by atoms with van der Waals surface area (Å²) in [4.78, 5) is 0. The van der Waals surface area contributed by atoms with Crippen LogP contribution >= 0.6 is 0 Å². The van der Waals surface area contributed by atoms with E-state index in [1.54, 1.807) is 5.57 Å². The molecule has 2 aliphatic heterocycles. The van der Waals surface area contributed by atoms with Gasteiger partial charge in [0, 0.05) is 0 Å². The summed E-state index contributed by atoms with van der Waals surface area (Å²) in [7, 11) is 0. The first-order chi connectivity index (χ1) is 6.81. The molecule has 0 bridgehead atoms. The molecule has 0 aromatic rings. The molecule has 1 N–H and O–H groups in total. The topological polar surface area (TPSA) is 21.3 Å². The van der Waals surface area contributed by atoms with Crippen LogP contribution in [0.2, 0.25) is 0 Å². The Labute approximate surface area is 86.7 Å². The first-order valence-corrected chi connectivity index (χ1v) is 5.79. The fraction of sp³-hybridized carbons (Fsp3) is 0.833. The van der Waals surface area contributed by atoms with Crippen molar-refractivity contribution in [3.8, 4) is 0 Å². The minimum absolute atomic E-state index is 0.457. The van der Waals surface area contributed by atoms with Gasteiger partial charge in [0.25, 0.3) is 0 Å². The van der Waals surface area contributed by atoms with Crippen LogP contribution in [0.25, 0.3) is 0 Å². The highest BCUT2D eigenvalue weighted by Gasteiger charge is 2.30. The second-order valence-electron chi connectivity index (χ2n) is 4.69. The van der Waals surface area contributed by atoms with Crippen LogP contribution in [0.4, 0.5) is 0 Å². The summed E-state index contributed by atoms with van der Waals surface area (Å²) in [6.07, 6.45) is 7.27. The zero-order valence-corrected chi connectivity index (χ0v) is 9.14. The number of piperidine rings is 1. The third kappa shape index (κ3) is 2.18. The van der Waals surface area contributed by atoms with Crippen LogP contribution in [0.3, 0.4) is 0 Å². The molecule has 0 unspecified atom stereocenters. The van der Waals surface area contributed by atoms with E-state index in [2.05, 4.69) is 18.3 Å². The Morgan fingerprint density at radius 1 is 1.29 bits per heavy atom. The van der Waals surface area contributed by atoms with Crippen LogP contribution in [-0.2, 0) is 4.74 Å². The van der Waals surface area contributed by atoms with E-state index in [1.807, 2.05) is 0 Å². The quantitative estimate of drug-likeness (QED) is 0.647. The van der Waals surface area contributed by atoms with Gasteiger partial charge in [0.2, 0.25) is 0 Å². The van der Waals surface area contributed by atoms with Gasteiger partial charge in [-0.25, -0.2) is 0 Å². The highest BCUT2D eigenvalue weighted by atomic mass is 16.5. The molecule has 0 atom stereocenters. The van der Waals surface area contributed by atoms with E-state index in [0.717, 1.165) is 26.1 Å². The lowest BCUT2D eigenvalue weighted by Gasteiger charge is -2.36. The fourth-order valence-electron chi connectivity index (χ4n) is 2.55. The molecule has 0 aromatic heterocycles. The van der Waals surface area contributed by atoms with Crippen LogP contribution < -0.4 is 5.32 Å². The van der Waals surface area contributed by atoms with E-state index < -0.39 is 0 Å². The van der Waals surface area contributed by atoms with Gasteiger partial charge in [-0.15, -0.1) is 0 Å². The van der Waals surface area contributed by atoms with Gasteiger partial charge in [-0.1, -0.05) is 18.6 Å². The van der Waals surface area contributed by atoms with Crippen LogP contribution in [-0.4, -0.2) is 26.3 Å². The number of hydrogen-bond donors (Lipinski definition) is 1. The maximum Gasteiger partial charge on any atom is 0.0503 e. The van der Waals surface area contributed by atoms with E-state index in [0.29, 0.717) is 5.41 Å². The highest BCUT2D eigenvalue weighted by molar-refractivity contribution is 5.15. The Morgan fingerprint density at radius 3 is 2.86 bits per heavy atom. The number of ether oxygens (including phenoxy) is 1. The third-order valence-corrected chi connectivity index (χ3v) is 3.65. The maximum absolute atomic E-state index is 5.49. The van der Waals surface area contributed by atoms with E-state index in [9.17, 15) is 0 Å². The fourth-order valence-corrected chi connectivity index (χ4v) is 2.55. The molecule has 0 radical (unpaired) electrons. The summed E-state index contributed by atoms with van der Waals surface area (Å²) in [6, 6.07) is 0. The predicted molar refractivity (Wildman–Crippen MR) is 58.3 cm³/mol. The lowest BCUT2D eigenvalue weighted by molar-refractivity contribution is 0.142. The van der Waals surface area contributed by atoms with Crippen LogP contribution in [0, 0.1) is 5.41 Å². The Hall–Kier alpha value is -0.340. The molecule has 1 saturated heterocycles. The monoisotopic (exact) mass is 195 g/mol. The first-order valence-electron chi connectivity index (χ1n) is 5.79.